The number of nitrogens with zero attached hydrogens (tertiary/aromatic N) is 3. The summed E-state index contributed by atoms with van der Waals surface area (Å²) in [6.45, 7) is 6.17. The molecule has 0 radical (unpaired) electrons. The van der Waals surface area contributed by atoms with Gasteiger partial charge in [-0.15, -0.1) is 0 Å². The molecule has 0 aliphatic heterocycles. The molecule has 0 saturated heterocycles. The molecule has 0 saturated carbocycles. The summed E-state index contributed by atoms with van der Waals surface area (Å²) < 4.78 is 4.95. The van der Waals surface area contributed by atoms with E-state index in [0.29, 0.717) is 13.0 Å². The highest BCUT2D eigenvalue weighted by Crippen LogP contribution is 2.17. The van der Waals surface area contributed by atoms with E-state index < -0.39 is 0 Å². The Bertz CT molecular complexity index is 275. The smallest absolute Gasteiger partial charge is 0.308 e. The predicted octanol–water partition coefficient (Wildman–Crippen LogP) is 4.23. The topological polar surface area (TPSA) is 75.1 Å². The van der Waals surface area contributed by atoms with E-state index in [1.165, 1.54) is 12.8 Å². The van der Waals surface area contributed by atoms with Crippen molar-refractivity contribution in [3.63, 3.8) is 0 Å². The molecular formula is C13H25N3O2. The maximum Gasteiger partial charge on any atom is 0.308 e. The highest BCUT2D eigenvalue weighted by molar-refractivity contribution is 5.71. The molecule has 0 rings (SSSR count). The number of carbonyl (C=O) groups is 1. The van der Waals surface area contributed by atoms with Crippen molar-refractivity contribution in [1.29, 1.82) is 0 Å². The van der Waals surface area contributed by atoms with Crippen LogP contribution in [0, 0.1) is 5.92 Å². The van der Waals surface area contributed by atoms with Crippen molar-refractivity contribution in [3.05, 3.63) is 10.4 Å². The molecule has 0 bridgehead atoms. The number of hydrogen-bond acceptors (Lipinski definition) is 3. The van der Waals surface area contributed by atoms with Crippen LogP contribution in [-0.2, 0) is 9.53 Å². The van der Waals surface area contributed by atoms with Crippen molar-refractivity contribution in [2.45, 2.75) is 65.3 Å². The molecule has 0 aliphatic rings. The molecular weight excluding hydrogens is 230 g/mol. The quantitative estimate of drug-likeness (QED) is 0.193. The number of ether oxygens (including phenoxy) is 1. The van der Waals surface area contributed by atoms with Gasteiger partial charge in [-0.3, -0.25) is 4.79 Å². The fraction of sp³-hybridized carbons (Fsp3) is 0.923. The lowest BCUT2D eigenvalue weighted by molar-refractivity contribution is -0.147. The second kappa shape index (κ2) is 10.9. The predicted molar refractivity (Wildman–Crippen MR) is 72.1 cm³/mol. The molecule has 5 nitrogen and oxygen atoms in total. The van der Waals surface area contributed by atoms with Gasteiger partial charge in [-0.25, -0.2) is 0 Å². The minimum atomic E-state index is -0.204. The van der Waals surface area contributed by atoms with Gasteiger partial charge in [0.25, 0.3) is 0 Å². The Hall–Kier alpha value is -1.22. The molecule has 0 aromatic rings. The number of rotatable bonds is 10. The van der Waals surface area contributed by atoms with Crippen molar-refractivity contribution >= 4 is 5.97 Å². The second-order valence-corrected chi connectivity index (χ2v) is 4.60. The Morgan fingerprint density at radius 3 is 2.61 bits per heavy atom. The summed E-state index contributed by atoms with van der Waals surface area (Å²) in [6.07, 6.45) is 6.03. The van der Waals surface area contributed by atoms with Crippen LogP contribution in [0.1, 0.15) is 59.3 Å². The van der Waals surface area contributed by atoms with Crippen molar-refractivity contribution in [2.75, 3.05) is 6.61 Å². The third kappa shape index (κ3) is 7.96. The third-order valence-electron chi connectivity index (χ3n) is 2.92. The SMILES string of the molecule is CCCCCCC(CC(C)C(=O)OCC)N=[N+]=[N-]. The molecule has 18 heavy (non-hydrogen) atoms. The van der Waals surface area contributed by atoms with Crippen LogP contribution in [0.4, 0.5) is 0 Å². The largest absolute Gasteiger partial charge is 0.466 e. The normalized spacial score (nSPS) is 13.5. The highest BCUT2D eigenvalue weighted by Gasteiger charge is 2.18. The first-order chi connectivity index (χ1) is 8.65. The molecule has 0 aromatic carbocycles. The lowest BCUT2D eigenvalue weighted by atomic mass is 9.98. The Balaban J connectivity index is 4.09. The van der Waals surface area contributed by atoms with Crippen LogP contribution in [0.25, 0.3) is 10.4 Å². The number of azide groups is 1. The van der Waals surface area contributed by atoms with Gasteiger partial charge < -0.3 is 4.74 Å². The highest BCUT2D eigenvalue weighted by atomic mass is 16.5. The maximum atomic E-state index is 11.5. The van der Waals surface area contributed by atoms with Gasteiger partial charge in [0, 0.05) is 11.0 Å². The van der Waals surface area contributed by atoms with Crippen molar-refractivity contribution in [3.8, 4) is 0 Å². The van der Waals surface area contributed by atoms with Gasteiger partial charge in [-0.05, 0) is 25.3 Å². The van der Waals surface area contributed by atoms with Gasteiger partial charge >= 0.3 is 5.97 Å². The minimum absolute atomic E-state index is 0.0914. The first kappa shape index (κ1) is 16.8. The lowest BCUT2D eigenvalue weighted by Crippen LogP contribution is -2.19. The van der Waals surface area contributed by atoms with E-state index in [1.807, 2.05) is 6.92 Å². The zero-order valence-corrected chi connectivity index (χ0v) is 11.8. The van der Waals surface area contributed by atoms with Crippen LogP contribution in [-0.4, -0.2) is 18.6 Å². The van der Waals surface area contributed by atoms with Crippen LogP contribution in [0.2, 0.25) is 0 Å². The second-order valence-electron chi connectivity index (χ2n) is 4.60. The standard InChI is InChI=1S/C13H25N3O2/c1-4-6-7-8-9-12(15-16-14)10-11(3)13(17)18-5-2/h11-12H,4-10H2,1-3H3. The third-order valence-corrected chi connectivity index (χ3v) is 2.92. The van der Waals surface area contributed by atoms with E-state index in [4.69, 9.17) is 10.3 Å². The Kier molecular flexibility index (Phi) is 10.2. The number of esters is 1. The summed E-state index contributed by atoms with van der Waals surface area (Å²) in [5.74, 6) is -0.407. The van der Waals surface area contributed by atoms with E-state index in [9.17, 15) is 4.79 Å². The van der Waals surface area contributed by atoms with Crippen LogP contribution >= 0.6 is 0 Å². The molecule has 2 unspecified atom stereocenters. The molecule has 0 amide bonds. The molecule has 0 spiro atoms. The summed E-state index contributed by atoms with van der Waals surface area (Å²) in [7, 11) is 0. The fourth-order valence-corrected chi connectivity index (χ4v) is 1.89. The maximum absolute atomic E-state index is 11.5. The molecule has 0 aliphatic carbocycles. The van der Waals surface area contributed by atoms with E-state index in [-0.39, 0.29) is 17.9 Å². The van der Waals surface area contributed by atoms with E-state index in [2.05, 4.69) is 16.9 Å². The van der Waals surface area contributed by atoms with Crippen molar-refractivity contribution < 1.29 is 9.53 Å². The van der Waals surface area contributed by atoms with Gasteiger partial charge in [0.15, 0.2) is 0 Å². The Labute approximate surface area is 110 Å². The average Bonchev–Trinajstić information content (AvgIpc) is 2.35. The molecule has 2 atom stereocenters. The molecule has 0 aromatic heterocycles. The molecule has 0 fully saturated rings. The average molecular weight is 255 g/mol. The molecule has 104 valence electrons. The minimum Gasteiger partial charge on any atom is -0.466 e. The first-order valence-electron chi connectivity index (χ1n) is 6.86. The van der Waals surface area contributed by atoms with Crippen LogP contribution in [0.15, 0.2) is 5.11 Å². The summed E-state index contributed by atoms with van der Waals surface area (Å²) in [5.41, 5.74) is 8.54. The van der Waals surface area contributed by atoms with Crippen LogP contribution in [0.5, 0.6) is 0 Å². The Morgan fingerprint density at radius 2 is 2.06 bits per heavy atom. The zero-order chi connectivity index (χ0) is 13.8. The molecule has 0 heterocycles. The van der Waals surface area contributed by atoms with E-state index in [0.717, 1.165) is 19.3 Å². The van der Waals surface area contributed by atoms with Gasteiger partial charge in [0.1, 0.15) is 0 Å². The molecule has 0 N–H and O–H groups in total. The van der Waals surface area contributed by atoms with Crippen molar-refractivity contribution in [1.82, 2.24) is 0 Å². The van der Waals surface area contributed by atoms with Crippen molar-refractivity contribution in [2.24, 2.45) is 11.0 Å². The Morgan fingerprint density at radius 1 is 1.33 bits per heavy atom. The monoisotopic (exact) mass is 255 g/mol. The number of unbranched alkanes of at least 4 members (excludes halogenated alkanes) is 3. The lowest BCUT2D eigenvalue weighted by Gasteiger charge is -2.15. The van der Waals surface area contributed by atoms with Gasteiger partial charge in [0.2, 0.25) is 0 Å². The van der Waals surface area contributed by atoms with Gasteiger partial charge in [-0.2, -0.15) is 0 Å². The molecule has 5 heteroatoms. The van der Waals surface area contributed by atoms with Crippen LogP contribution < -0.4 is 0 Å². The van der Waals surface area contributed by atoms with Crippen LogP contribution in [0.3, 0.4) is 0 Å². The summed E-state index contributed by atoms with van der Waals surface area (Å²) in [5, 5.41) is 3.78. The summed E-state index contributed by atoms with van der Waals surface area (Å²) >= 11 is 0. The van der Waals surface area contributed by atoms with E-state index >= 15 is 0 Å². The number of hydrogen-bond donors (Lipinski definition) is 0. The van der Waals surface area contributed by atoms with Gasteiger partial charge in [-0.1, -0.05) is 44.6 Å². The summed E-state index contributed by atoms with van der Waals surface area (Å²) in [6, 6.07) is -0.0914. The van der Waals surface area contributed by atoms with Gasteiger partial charge in [0.05, 0.1) is 12.5 Å². The van der Waals surface area contributed by atoms with E-state index in [1.54, 1.807) is 6.92 Å². The fourth-order valence-electron chi connectivity index (χ4n) is 1.89. The zero-order valence-electron chi connectivity index (χ0n) is 11.8. The number of carbonyl (C=O) groups excluding carboxylic acids is 1. The first-order valence-corrected chi connectivity index (χ1v) is 6.86. The summed E-state index contributed by atoms with van der Waals surface area (Å²) in [4.78, 5) is 14.4.